The van der Waals surface area contributed by atoms with Crippen LogP contribution in [0.5, 0.6) is 0 Å². The molecule has 0 spiro atoms. The fourth-order valence-corrected chi connectivity index (χ4v) is 4.46. The van der Waals surface area contributed by atoms with Gasteiger partial charge in [-0.25, -0.2) is 0 Å². The number of aliphatic hydroxyl groups is 3. The predicted octanol–water partition coefficient (Wildman–Crippen LogP) is 2.51. The predicted molar refractivity (Wildman–Crippen MR) is 133 cm³/mol. The van der Waals surface area contributed by atoms with Crippen LogP contribution in [0, 0.1) is 5.92 Å². The van der Waals surface area contributed by atoms with Gasteiger partial charge in [0.25, 0.3) is 0 Å². The van der Waals surface area contributed by atoms with Crippen LogP contribution in [-0.2, 0) is 25.5 Å². The van der Waals surface area contributed by atoms with Crippen LogP contribution in [0.4, 0.5) is 0 Å². The molecule has 0 aliphatic carbocycles. The van der Waals surface area contributed by atoms with Crippen molar-refractivity contribution in [3.63, 3.8) is 0 Å². The van der Waals surface area contributed by atoms with Crippen molar-refractivity contribution in [3.8, 4) is 0 Å². The Balaban J connectivity index is 1.97. The Morgan fingerprint density at radius 1 is 1.09 bits per heavy atom. The highest BCUT2D eigenvalue weighted by Crippen LogP contribution is 2.25. The number of ether oxygens (including phenoxy) is 2. The van der Waals surface area contributed by atoms with E-state index in [0.29, 0.717) is 0 Å². The summed E-state index contributed by atoms with van der Waals surface area (Å²) in [6.07, 6.45) is 0.403. The number of Topliss-reactive ketones (excluding diaryl/α,β-unsaturated/α-hetero) is 1. The molecule has 198 valence electrons. The molecule has 8 heteroatoms. The highest BCUT2D eigenvalue weighted by Gasteiger charge is 2.47. The lowest BCUT2D eigenvalue weighted by molar-refractivity contribution is -0.266. The maximum absolute atomic E-state index is 12.9. The molecule has 0 saturated carbocycles. The molecule has 0 radical (unpaired) electrons. The Morgan fingerprint density at radius 2 is 1.77 bits per heavy atom. The summed E-state index contributed by atoms with van der Waals surface area (Å²) in [7, 11) is 0. The van der Waals surface area contributed by atoms with E-state index >= 15 is 0 Å². The molecule has 4 N–H and O–H groups in total. The summed E-state index contributed by atoms with van der Waals surface area (Å²) in [6.45, 7) is 5.19. The van der Waals surface area contributed by atoms with Crippen molar-refractivity contribution in [3.05, 3.63) is 35.9 Å². The monoisotopic (exact) mass is 493 g/mol. The molecule has 1 amide bonds. The van der Waals surface area contributed by atoms with E-state index < -0.39 is 43.4 Å². The minimum absolute atomic E-state index is 0.0922. The molecule has 0 aromatic heterocycles. The normalized spacial score (nSPS) is 26.2. The number of ketones is 1. The molecule has 1 saturated heterocycles. The van der Waals surface area contributed by atoms with E-state index in [9.17, 15) is 24.9 Å². The molecule has 1 aromatic carbocycles. The molecule has 2 rings (SSSR count). The maximum Gasteiger partial charge on any atom is 0.220 e. The minimum atomic E-state index is -1.48. The molecule has 35 heavy (non-hydrogen) atoms. The first-order valence-corrected chi connectivity index (χ1v) is 12.9. The van der Waals surface area contributed by atoms with E-state index in [0.717, 1.165) is 44.1 Å². The first-order valence-electron chi connectivity index (χ1n) is 12.9. The second kappa shape index (κ2) is 15.3. The van der Waals surface area contributed by atoms with Crippen molar-refractivity contribution in [2.45, 2.75) is 109 Å². The van der Waals surface area contributed by atoms with Gasteiger partial charge < -0.3 is 30.1 Å². The number of benzene rings is 1. The van der Waals surface area contributed by atoms with Crippen LogP contribution < -0.4 is 5.32 Å². The van der Waals surface area contributed by atoms with Gasteiger partial charge in [0.1, 0.15) is 30.5 Å². The molecule has 1 aliphatic heterocycles. The molecule has 1 aliphatic rings. The van der Waals surface area contributed by atoms with Crippen molar-refractivity contribution >= 4 is 11.7 Å². The van der Waals surface area contributed by atoms with Gasteiger partial charge in [0.2, 0.25) is 5.91 Å². The van der Waals surface area contributed by atoms with Crippen molar-refractivity contribution < 1.29 is 34.4 Å². The van der Waals surface area contributed by atoms with Gasteiger partial charge in [-0.2, -0.15) is 0 Å². The molecule has 0 bridgehead atoms. The quantitative estimate of drug-likeness (QED) is 0.277. The number of carbonyl (C=O) groups is 2. The number of nitrogens with one attached hydrogen (secondary N) is 1. The fourth-order valence-electron chi connectivity index (χ4n) is 4.46. The zero-order chi connectivity index (χ0) is 25.8. The molecule has 8 nitrogen and oxygen atoms in total. The van der Waals surface area contributed by atoms with Crippen LogP contribution in [-0.4, -0.2) is 70.4 Å². The molecular weight excluding hydrogens is 450 g/mol. The number of rotatable bonds is 15. The lowest BCUT2D eigenvalue weighted by atomic mass is 9.93. The fraction of sp³-hybridized carbons (Fsp3) is 0.704. The van der Waals surface area contributed by atoms with E-state index in [2.05, 4.69) is 12.2 Å². The number of hydrogen-bond acceptors (Lipinski definition) is 7. The average Bonchev–Trinajstić information content (AvgIpc) is 2.83. The maximum atomic E-state index is 12.9. The molecule has 1 aromatic rings. The Hall–Kier alpha value is -1.84. The van der Waals surface area contributed by atoms with Crippen LogP contribution in [0.15, 0.2) is 30.3 Å². The van der Waals surface area contributed by atoms with Gasteiger partial charge in [-0.05, 0) is 31.2 Å². The summed E-state index contributed by atoms with van der Waals surface area (Å²) in [5.74, 6) is -0.328. The van der Waals surface area contributed by atoms with Gasteiger partial charge in [-0.1, -0.05) is 69.9 Å². The third-order valence-electron chi connectivity index (χ3n) is 6.50. The van der Waals surface area contributed by atoms with Crippen LogP contribution in [0.3, 0.4) is 0 Å². The van der Waals surface area contributed by atoms with Crippen LogP contribution >= 0.6 is 0 Å². The van der Waals surface area contributed by atoms with Crippen LogP contribution in [0.25, 0.3) is 0 Å². The van der Waals surface area contributed by atoms with Gasteiger partial charge >= 0.3 is 0 Å². The Kier molecular flexibility index (Phi) is 12.9. The highest BCUT2D eigenvalue weighted by molar-refractivity contribution is 5.83. The van der Waals surface area contributed by atoms with Gasteiger partial charge in [-0.15, -0.1) is 0 Å². The van der Waals surface area contributed by atoms with E-state index in [1.807, 2.05) is 37.3 Å². The molecule has 1 unspecified atom stereocenters. The Labute approximate surface area is 209 Å². The summed E-state index contributed by atoms with van der Waals surface area (Å²) in [4.78, 5) is 25.4. The smallest absolute Gasteiger partial charge is 0.220 e. The number of unbranched alkanes of at least 4 members (excludes halogenated alkanes) is 4. The van der Waals surface area contributed by atoms with E-state index in [-0.39, 0.29) is 30.4 Å². The van der Waals surface area contributed by atoms with E-state index in [1.165, 1.54) is 0 Å². The minimum Gasteiger partial charge on any atom is -0.394 e. The zero-order valence-corrected chi connectivity index (χ0v) is 21.3. The third-order valence-corrected chi connectivity index (χ3v) is 6.50. The van der Waals surface area contributed by atoms with E-state index in [4.69, 9.17) is 9.47 Å². The molecule has 7 atom stereocenters. The number of carbonyl (C=O) groups excluding carboxylic acids is 2. The standard InChI is InChI=1S/C27H43NO7/c1-4-5-6-7-11-14-23(31)28-24-26(25(32)22(17-29)35-27(24)33)34-19(3)21(30)16-18(2)15-20-12-9-8-10-13-20/h8-10,12-13,18-19,22,24-27,29,32-33H,4-7,11,14-17H2,1-3H3,(H,28,31)/t18-,19+,22+,24+,25+,26+,27?/m0/s1. The van der Waals surface area contributed by atoms with Gasteiger partial charge in [-0.3, -0.25) is 9.59 Å². The van der Waals surface area contributed by atoms with Crippen molar-refractivity contribution in [1.29, 1.82) is 0 Å². The molecule has 1 heterocycles. The third kappa shape index (κ3) is 9.61. The van der Waals surface area contributed by atoms with Crippen LogP contribution in [0.2, 0.25) is 0 Å². The van der Waals surface area contributed by atoms with Gasteiger partial charge in [0.05, 0.1) is 6.61 Å². The van der Waals surface area contributed by atoms with Gasteiger partial charge in [0.15, 0.2) is 12.1 Å². The van der Waals surface area contributed by atoms with Crippen LogP contribution in [0.1, 0.15) is 71.3 Å². The average molecular weight is 494 g/mol. The SMILES string of the molecule is CCCCCCCC(=O)N[C@H]1C(O)O[C@H](CO)[C@@H](O)[C@@H]1O[C@H](C)C(=O)C[C@@H](C)Cc1ccccc1. The summed E-state index contributed by atoms with van der Waals surface area (Å²) < 4.78 is 11.2. The summed E-state index contributed by atoms with van der Waals surface area (Å²) in [6, 6.07) is 8.85. The zero-order valence-electron chi connectivity index (χ0n) is 21.3. The molecular formula is C27H43NO7. The Bertz CT molecular complexity index is 759. The summed E-state index contributed by atoms with van der Waals surface area (Å²) in [5, 5.41) is 33.5. The Morgan fingerprint density at radius 3 is 2.43 bits per heavy atom. The molecule has 1 fully saturated rings. The van der Waals surface area contributed by atoms with Crippen molar-refractivity contribution in [1.82, 2.24) is 5.32 Å². The van der Waals surface area contributed by atoms with Crippen molar-refractivity contribution in [2.75, 3.05) is 6.61 Å². The first-order chi connectivity index (χ1) is 16.8. The first kappa shape index (κ1) is 29.4. The number of hydrogen-bond donors (Lipinski definition) is 4. The number of aliphatic hydroxyl groups excluding tert-OH is 3. The second-order valence-corrected chi connectivity index (χ2v) is 9.70. The lowest BCUT2D eigenvalue weighted by Gasteiger charge is -2.43. The van der Waals surface area contributed by atoms with Gasteiger partial charge in [0, 0.05) is 12.8 Å². The highest BCUT2D eigenvalue weighted by atomic mass is 16.6. The largest absolute Gasteiger partial charge is 0.394 e. The summed E-state index contributed by atoms with van der Waals surface area (Å²) >= 11 is 0. The number of amides is 1. The summed E-state index contributed by atoms with van der Waals surface area (Å²) in [5.41, 5.74) is 1.15. The topological polar surface area (TPSA) is 125 Å². The van der Waals surface area contributed by atoms with Crippen molar-refractivity contribution in [2.24, 2.45) is 5.92 Å². The second-order valence-electron chi connectivity index (χ2n) is 9.70. The van der Waals surface area contributed by atoms with E-state index in [1.54, 1.807) is 6.92 Å². The lowest BCUT2D eigenvalue weighted by Crippen LogP contribution is -2.65.